The van der Waals surface area contributed by atoms with Crippen molar-refractivity contribution in [2.45, 2.75) is 5.92 Å². The first-order valence-electron chi connectivity index (χ1n) is 8.05. The quantitative estimate of drug-likeness (QED) is 0.288. The molecule has 1 radical (unpaired) electrons. The number of aromatic nitrogens is 1. The first-order chi connectivity index (χ1) is 12.2. The third-order valence-corrected chi connectivity index (χ3v) is 4.74. The fraction of sp³-hybridized carbons (Fsp3) is 0.0455. The van der Waals surface area contributed by atoms with Crippen molar-refractivity contribution in [3.05, 3.63) is 90.1 Å². The van der Waals surface area contributed by atoms with Crippen LogP contribution in [0.25, 0.3) is 33.2 Å². The van der Waals surface area contributed by atoms with Gasteiger partial charge in [-0.15, -0.1) is 29.7 Å². The van der Waals surface area contributed by atoms with Crippen molar-refractivity contribution in [3.8, 4) is 22.4 Å². The van der Waals surface area contributed by atoms with Gasteiger partial charge in [-0.3, -0.25) is 4.98 Å². The van der Waals surface area contributed by atoms with Crippen LogP contribution < -0.4 is 0 Å². The first kappa shape index (κ1) is 17.0. The van der Waals surface area contributed by atoms with Crippen molar-refractivity contribution in [1.29, 1.82) is 0 Å². The summed E-state index contributed by atoms with van der Waals surface area (Å²) in [6.07, 6.45) is 1.46. The van der Waals surface area contributed by atoms with Gasteiger partial charge in [-0.1, -0.05) is 53.4 Å². The van der Waals surface area contributed by atoms with Crippen molar-refractivity contribution in [1.82, 2.24) is 4.98 Å². The molecule has 1 aliphatic carbocycles. The second-order valence-corrected chi connectivity index (χ2v) is 6.16. The molecule has 1 aliphatic rings. The van der Waals surface area contributed by atoms with Crippen molar-refractivity contribution in [2.24, 2.45) is 0 Å². The van der Waals surface area contributed by atoms with E-state index in [0.29, 0.717) is 16.8 Å². The summed E-state index contributed by atoms with van der Waals surface area (Å²) in [7, 11) is 0. The summed E-state index contributed by atoms with van der Waals surface area (Å²) < 4.78 is 29.7. The maximum Gasteiger partial charge on any atom is 0.299 e. The Morgan fingerprint density at radius 3 is 2.46 bits per heavy atom. The Kier molecular flexibility index (Phi) is 3.98. The van der Waals surface area contributed by atoms with Gasteiger partial charge in [-0.2, -0.15) is 8.78 Å². The van der Waals surface area contributed by atoms with Crippen LogP contribution in [0.1, 0.15) is 11.1 Å². The number of alkyl halides is 2. The predicted octanol–water partition coefficient (Wildman–Crippen LogP) is 5.82. The van der Waals surface area contributed by atoms with E-state index in [9.17, 15) is 8.78 Å². The molecule has 5 rings (SSSR count). The Balaban J connectivity index is 0.00000168. The molecule has 0 aliphatic heterocycles. The molecule has 4 heteroatoms. The zero-order valence-corrected chi connectivity index (χ0v) is 15.9. The van der Waals surface area contributed by atoms with Crippen molar-refractivity contribution in [3.63, 3.8) is 0 Å². The largest absolute Gasteiger partial charge is 0.299 e. The third kappa shape index (κ3) is 2.33. The molecule has 1 nitrogen and oxygen atoms in total. The van der Waals surface area contributed by atoms with Crippen LogP contribution in [0.5, 0.6) is 0 Å². The van der Waals surface area contributed by atoms with Gasteiger partial charge in [0.05, 0.1) is 0 Å². The number of nitrogens with zero attached hydrogens (tertiary/aromatic N) is 1. The van der Waals surface area contributed by atoms with E-state index in [1.54, 1.807) is 18.2 Å². The van der Waals surface area contributed by atoms with Gasteiger partial charge in [-0.25, -0.2) is 0 Å². The van der Waals surface area contributed by atoms with Crippen LogP contribution in [0.3, 0.4) is 0 Å². The average molecular weight is 521 g/mol. The van der Waals surface area contributed by atoms with Crippen LogP contribution in [0.4, 0.5) is 8.78 Å². The maximum atomic E-state index is 14.8. The van der Waals surface area contributed by atoms with E-state index in [0.717, 1.165) is 16.3 Å². The molecule has 0 atom stereocenters. The fourth-order valence-electron chi connectivity index (χ4n) is 3.57. The van der Waals surface area contributed by atoms with Crippen LogP contribution in [0.2, 0.25) is 0 Å². The minimum atomic E-state index is -3.00. The Labute approximate surface area is 163 Å². The molecule has 0 bridgehead atoms. The Morgan fingerprint density at radius 2 is 1.58 bits per heavy atom. The smallest absolute Gasteiger partial charge is 0.294 e. The normalized spacial score (nSPS) is 13.8. The van der Waals surface area contributed by atoms with E-state index in [4.69, 9.17) is 0 Å². The van der Waals surface area contributed by atoms with Gasteiger partial charge in [0, 0.05) is 43.1 Å². The standard InChI is InChI=1S/C22H12F2N.Ir/c23-22(24)18-8-4-3-7-17(18)20-19(22)11-12-25-21(20)16-10-9-14-5-1-2-6-15(14)13-16;/h1-12H;/q-1;. The van der Waals surface area contributed by atoms with E-state index in [1.165, 1.54) is 18.3 Å². The molecule has 0 unspecified atom stereocenters. The van der Waals surface area contributed by atoms with Gasteiger partial charge in [0.1, 0.15) is 0 Å². The third-order valence-electron chi connectivity index (χ3n) is 4.74. The number of pyridine rings is 1. The summed E-state index contributed by atoms with van der Waals surface area (Å²) in [6.45, 7) is 0. The number of rotatable bonds is 1. The topological polar surface area (TPSA) is 12.9 Å². The monoisotopic (exact) mass is 521 g/mol. The molecular formula is C22H12F2IrN-. The Morgan fingerprint density at radius 1 is 0.808 bits per heavy atom. The van der Waals surface area contributed by atoms with Gasteiger partial charge in [-0.05, 0) is 17.2 Å². The molecule has 0 amide bonds. The van der Waals surface area contributed by atoms with E-state index < -0.39 is 5.92 Å². The van der Waals surface area contributed by atoms with Crippen molar-refractivity contribution >= 4 is 10.8 Å². The number of benzene rings is 3. The number of hydrogen-bond donors (Lipinski definition) is 0. The Hall–Kier alpha value is -2.42. The minimum Gasteiger partial charge on any atom is -0.294 e. The van der Waals surface area contributed by atoms with Crippen LogP contribution >= 0.6 is 0 Å². The summed E-state index contributed by atoms with van der Waals surface area (Å²) >= 11 is 0. The number of hydrogen-bond acceptors (Lipinski definition) is 1. The number of halogens is 2. The molecule has 0 N–H and O–H groups in total. The van der Waals surface area contributed by atoms with Gasteiger partial charge in [0.15, 0.2) is 0 Å². The molecular weight excluding hydrogens is 508 g/mol. The molecule has 3 aromatic carbocycles. The summed E-state index contributed by atoms with van der Waals surface area (Å²) in [4.78, 5) is 4.43. The molecule has 1 heterocycles. The SMILES string of the molecule is FC1(F)c2ccccc2-c2c1ccnc2-c1[c-]c2ccccc2cc1.[Ir]. The molecule has 4 aromatic rings. The van der Waals surface area contributed by atoms with E-state index in [-0.39, 0.29) is 31.2 Å². The van der Waals surface area contributed by atoms with E-state index in [1.807, 2.05) is 36.4 Å². The fourth-order valence-corrected chi connectivity index (χ4v) is 3.57. The minimum absolute atomic E-state index is 0. The number of fused-ring (bicyclic) bond motifs is 4. The summed E-state index contributed by atoms with van der Waals surface area (Å²) in [5, 5.41) is 2.00. The second kappa shape index (κ2) is 6.08. The van der Waals surface area contributed by atoms with Crippen molar-refractivity contribution < 1.29 is 28.9 Å². The average Bonchev–Trinajstić information content (AvgIpc) is 2.90. The van der Waals surface area contributed by atoms with Crippen LogP contribution in [0, 0.1) is 6.07 Å². The van der Waals surface area contributed by atoms with Crippen LogP contribution in [-0.2, 0) is 26.0 Å². The van der Waals surface area contributed by atoms with Gasteiger partial charge in [0.25, 0.3) is 5.92 Å². The zero-order chi connectivity index (χ0) is 17.0. The maximum absolute atomic E-state index is 14.8. The van der Waals surface area contributed by atoms with Crippen LogP contribution in [0.15, 0.2) is 72.9 Å². The van der Waals surface area contributed by atoms with Gasteiger partial charge < -0.3 is 0 Å². The molecule has 0 saturated heterocycles. The zero-order valence-electron chi connectivity index (χ0n) is 13.5. The predicted molar refractivity (Wildman–Crippen MR) is 94.4 cm³/mol. The second-order valence-electron chi connectivity index (χ2n) is 6.16. The molecule has 1 aromatic heterocycles. The summed E-state index contributed by atoms with van der Waals surface area (Å²) in [5.74, 6) is -3.00. The summed E-state index contributed by atoms with van der Waals surface area (Å²) in [6, 6.07) is 23.1. The van der Waals surface area contributed by atoms with E-state index in [2.05, 4.69) is 11.1 Å². The van der Waals surface area contributed by atoms with Gasteiger partial charge >= 0.3 is 0 Å². The molecule has 0 fully saturated rings. The molecule has 26 heavy (non-hydrogen) atoms. The van der Waals surface area contributed by atoms with Crippen LogP contribution in [-0.4, -0.2) is 4.98 Å². The van der Waals surface area contributed by atoms with E-state index >= 15 is 0 Å². The van der Waals surface area contributed by atoms with Crippen molar-refractivity contribution in [2.75, 3.05) is 0 Å². The molecule has 0 spiro atoms. The summed E-state index contributed by atoms with van der Waals surface area (Å²) in [5.41, 5.74) is 2.39. The molecule has 0 saturated carbocycles. The Bertz CT molecular complexity index is 1140. The van der Waals surface area contributed by atoms with Gasteiger partial charge in [0.2, 0.25) is 0 Å². The molecule has 129 valence electrons. The first-order valence-corrected chi connectivity index (χ1v) is 8.05.